The first-order valence-corrected chi connectivity index (χ1v) is 13.8. The lowest BCUT2D eigenvalue weighted by atomic mass is 9.71. The van der Waals surface area contributed by atoms with E-state index in [0.717, 1.165) is 5.65 Å². The molecule has 6 rings (SSSR count). The number of amides is 1. The summed E-state index contributed by atoms with van der Waals surface area (Å²) >= 11 is 1.96. The van der Waals surface area contributed by atoms with Crippen LogP contribution in [0, 0.1) is 38.5 Å². The van der Waals surface area contributed by atoms with E-state index in [1.807, 2.05) is 15.9 Å². The second kappa shape index (κ2) is 8.19. The van der Waals surface area contributed by atoms with Gasteiger partial charge in [0.1, 0.15) is 11.2 Å². The fourth-order valence-electron chi connectivity index (χ4n) is 7.32. The van der Waals surface area contributed by atoms with Crippen LogP contribution >= 0.6 is 11.3 Å². The van der Waals surface area contributed by atoms with Gasteiger partial charge in [-0.3, -0.25) is 4.79 Å². The van der Waals surface area contributed by atoms with E-state index in [4.69, 9.17) is 5.73 Å². The van der Waals surface area contributed by atoms with Gasteiger partial charge >= 0.3 is 0 Å². The van der Waals surface area contributed by atoms with Gasteiger partial charge in [-0.15, -0.1) is 11.3 Å². The van der Waals surface area contributed by atoms with Gasteiger partial charge in [0.05, 0.1) is 5.69 Å². The van der Waals surface area contributed by atoms with Crippen LogP contribution in [0.15, 0.2) is 12.5 Å². The van der Waals surface area contributed by atoms with Crippen molar-refractivity contribution in [1.82, 2.24) is 19.6 Å². The third kappa shape index (κ3) is 3.45. The molecule has 0 spiro atoms. The number of aryl methyl sites for hydroxylation is 2. The van der Waals surface area contributed by atoms with E-state index in [1.54, 1.807) is 11.2 Å². The molecule has 4 heterocycles. The number of aromatic nitrogens is 4. The number of pyridine rings is 1. The van der Waals surface area contributed by atoms with Crippen LogP contribution in [0.3, 0.4) is 0 Å². The first-order valence-electron chi connectivity index (χ1n) is 13.0. The van der Waals surface area contributed by atoms with Crippen LogP contribution in [0.1, 0.15) is 84.9 Å². The minimum absolute atomic E-state index is 0.130. The molecule has 1 amide bonds. The van der Waals surface area contributed by atoms with Crippen LogP contribution in [0.2, 0.25) is 0 Å². The molecule has 0 radical (unpaired) electrons. The smallest absolute Gasteiger partial charge is 0.217 e. The number of hydrogen-bond donors (Lipinski definition) is 2. The number of nitrogens with two attached hydrogens (primary N) is 1. The second-order valence-electron chi connectivity index (χ2n) is 11.3. The highest BCUT2D eigenvalue weighted by Crippen LogP contribution is 2.55. The lowest BCUT2D eigenvalue weighted by Crippen LogP contribution is -2.29. The molecule has 4 atom stereocenters. The monoisotopic (exact) mass is 489 g/mol. The van der Waals surface area contributed by atoms with Gasteiger partial charge in [0.2, 0.25) is 5.91 Å². The van der Waals surface area contributed by atoms with Crippen molar-refractivity contribution >= 4 is 33.1 Å². The van der Waals surface area contributed by atoms with Crippen LogP contribution in [-0.2, 0) is 4.79 Å². The van der Waals surface area contributed by atoms with Crippen molar-refractivity contribution in [3.63, 3.8) is 0 Å². The Morgan fingerprint density at radius 1 is 1.17 bits per heavy atom. The van der Waals surface area contributed by atoms with Crippen molar-refractivity contribution in [2.24, 2.45) is 23.5 Å². The van der Waals surface area contributed by atoms with E-state index in [0.29, 0.717) is 36.0 Å². The van der Waals surface area contributed by atoms with Gasteiger partial charge in [-0.1, -0.05) is 13.8 Å². The number of thiophene rings is 1. The number of nitrogens with one attached hydrogen (secondary N) is 1. The maximum atomic E-state index is 11.6. The van der Waals surface area contributed by atoms with E-state index in [-0.39, 0.29) is 5.91 Å². The molecule has 6 nitrogen and oxygen atoms in total. The van der Waals surface area contributed by atoms with E-state index in [2.05, 4.69) is 55.9 Å². The zero-order chi connectivity index (χ0) is 24.6. The number of H-pyrrole nitrogens is 1. The minimum atomic E-state index is -0.130. The Morgan fingerprint density at radius 2 is 1.89 bits per heavy atom. The first kappa shape index (κ1) is 22.8. The van der Waals surface area contributed by atoms with Crippen LogP contribution in [0.4, 0.5) is 0 Å². The van der Waals surface area contributed by atoms with Gasteiger partial charge in [0, 0.05) is 28.4 Å². The molecule has 2 saturated carbocycles. The summed E-state index contributed by atoms with van der Waals surface area (Å²) in [5.74, 6) is 2.66. The van der Waals surface area contributed by atoms with Crippen molar-refractivity contribution in [3.8, 4) is 11.3 Å². The van der Waals surface area contributed by atoms with Gasteiger partial charge in [-0.05, 0) is 98.3 Å². The fraction of sp³-hybridized carbons (Fsp3) is 0.536. The van der Waals surface area contributed by atoms with Gasteiger partial charge in [-0.2, -0.15) is 5.10 Å². The molecule has 2 aliphatic carbocycles. The average Bonchev–Trinajstić information content (AvgIpc) is 3.53. The Labute approximate surface area is 210 Å². The summed E-state index contributed by atoms with van der Waals surface area (Å²) in [6.45, 7) is 11.3. The first-order chi connectivity index (χ1) is 16.7. The molecule has 4 aromatic heterocycles. The molecule has 35 heavy (non-hydrogen) atoms. The van der Waals surface area contributed by atoms with E-state index in [1.165, 1.54) is 69.4 Å². The predicted octanol–water partition coefficient (Wildman–Crippen LogP) is 6.38. The Bertz CT molecular complexity index is 1440. The third-order valence-corrected chi connectivity index (χ3v) is 10.4. The number of aromatic amines is 1. The maximum absolute atomic E-state index is 11.6. The molecule has 7 heteroatoms. The zero-order valence-electron chi connectivity index (χ0n) is 21.3. The largest absolute Gasteiger partial charge is 0.370 e. The number of rotatable bonds is 5. The summed E-state index contributed by atoms with van der Waals surface area (Å²) in [5.41, 5.74) is 14.2. The van der Waals surface area contributed by atoms with Crippen molar-refractivity contribution in [3.05, 3.63) is 39.7 Å². The second-order valence-corrected chi connectivity index (χ2v) is 12.3. The Hall–Kier alpha value is -2.67. The van der Waals surface area contributed by atoms with Gasteiger partial charge in [-0.25, -0.2) is 9.50 Å². The lowest BCUT2D eigenvalue weighted by molar-refractivity contribution is -0.119. The molecule has 3 N–H and O–H groups in total. The van der Waals surface area contributed by atoms with Gasteiger partial charge in [0.25, 0.3) is 0 Å². The average molecular weight is 490 g/mol. The summed E-state index contributed by atoms with van der Waals surface area (Å²) in [6.07, 6.45) is 9.23. The van der Waals surface area contributed by atoms with Crippen molar-refractivity contribution in [2.75, 3.05) is 0 Å². The molecular formula is C28H35N5OS. The Kier molecular flexibility index (Phi) is 5.33. The highest BCUT2D eigenvalue weighted by atomic mass is 32.1. The Balaban J connectivity index is 1.43. The zero-order valence-corrected chi connectivity index (χ0v) is 22.1. The van der Waals surface area contributed by atoms with Crippen LogP contribution in [0.25, 0.3) is 27.1 Å². The van der Waals surface area contributed by atoms with Crippen LogP contribution in [0.5, 0.6) is 0 Å². The number of hydrogen-bond acceptors (Lipinski definition) is 4. The van der Waals surface area contributed by atoms with E-state index in [9.17, 15) is 4.79 Å². The number of carbonyl (C=O) groups excluding carboxylic acids is 1. The molecule has 2 fully saturated rings. The summed E-state index contributed by atoms with van der Waals surface area (Å²) in [7, 11) is 0. The Morgan fingerprint density at radius 3 is 2.54 bits per heavy atom. The maximum Gasteiger partial charge on any atom is 0.217 e. The molecule has 0 aliphatic heterocycles. The molecule has 2 aliphatic rings. The van der Waals surface area contributed by atoms with E-state index >= 15 is 0 Å². The fourth-order valence-corrected chi connectivity index (χ4v) is 8.67. The molecule has 0 aromatic carbocycles. The summed E-state index contributed by atoms with van der Waals surface area (Å²) < 4.78 is 1.90. The number of fused-ring (bicyclic) bond motifs is 4. The number of carbonyl (C=O) groups is 1. The van der Waals surface area contributed by atoms with Crippen LogP contribution in [-0.4, -0.2) is 25.5 Å². The van der Waals surface area contributed by atoms with Gasteiger partial charge in [0.15, 0.2) is 5.65 Å². The molecule has 2 unspecified atom stereocenters. The van der Waals surface area contributed by atoms with Crippen molar-refractivity contribution in [1.29, 1.82) is 0 Å². The third-order valence-electron chi connectivity index (χ3n) is 9.04. The summed E-state index contributed by atoms with van der Waals surface area (Å²) in [5, 5.41) is 5.84. The van der Waals surface area contributed by atoms with Gasteiger partial charge < -0.3 is 10.7 Å². The normalized spacial score (nSPS) is 24.3. The standard InChI is InChI=1S/C28H35N5OS/c1-13(2)23-24-16(5)26(19-8-17-6-7-18(9-19)20(17)10-22(29)34)35-28(24)32-25(23)21-11-33-27(30-12-31-33)15(4)14(21)3/h11-13,17-20,32H,6-10H2,1-5H3,(H2,29,34)/t17-,18+,19?,20?. The number of primary amides is 1. The highest BCUT2D eigenvalue weighted by molar-refractivity contribution is 7.19. The molecular weight excluding hydrogens is 454 g/mol. The summed E-state index contributed by atoms with van der Waals surface area (Å²) in [4.78, 5) is 22.8. The molecule has 2 bridgehead atoms. The predicted molar refractivity (Wildman–Crippen MR) is 142 cm³/mol. The van der Waals surface area contributed by atoms with Crippen LogP contribution < -0.4 is 5.73 Å². The lowest BCUT2D eigenvalue weighted by Gasteiger charge is -2.35. The molecule has 184 valence electrons. The quantitative estimate of drug-likeness (QED) is 0.341. The number of nitrogens with zero attached hydrogens (tertiary/aromatic N) is 3. The highest BCUT2D eigenvalue weighted by Gasteiger charge is 2.44. The SMILES string of the molecule is Cc1c(-c2[nH]c3sc(C4C[C@H]5CC[C@@H](C4)C5CC(N)=O)c(C)c3c2C(C)C)cn2ncnc2c1C. The minimum Gasteiger partial charge on any atom is -0.370 e. The van der Waals surface area contributed by atoms with Crippen molar-refractivity contribution in [2.45, 2.75) is 78.6 Å². The van der Waals surface area contributed by atoms with Crippen molar-refractivity contribution < 1.29 is 4.79 Å². The topological polar surface area (TPSA) is 89.1 Å². The summed E-state index contributed by atoms with van der Waals surface area (Å²) in [6, 6.07) is 0. The molecule has 4 aromatic rings. The van der Waals surface area contributed by atoms with E-state index < -0.39 is 0 Å². The molecule has 0 saturated heterocycles.